The number of rotatable bonds is 2. The minimum atomic E-state index is 0.200. The Morgan fingerprint density at radius 2 is 2.09 bits per heavy atom. The monoisotopic (exact) mass is 152 g/mol. The van der Waals surface area contributed by atoms with Gasteiger partial charge in [-0.2, -0.15) is 0 Å². The van der Waals surface area contributed by atoms with Gasteiger partial charge in [-0.1, -0.05) is 27.4 Å². The van der Waals surface area contributed by atoms with E-state index in [4.69, 9.17) is 5.73 Å². The average Bonchev–Trinajstić information content (AvgIpc) is 2.45. The van der Waals surface area contributed by atoms with E-state index < -0.39 is 0 Å². The van der Waals surface area contributed by atoms with Crippen LogP contribution in [0.2, 0.25) is 0 Å². The van der Waals surface area contributed by atoms with E-state index in [2.05, 4.69) is 32.3 Å². The maximum atomic E-state index is 5.69. The van der Waals surface area contributed by atoms with E-state index in [0.717, 1.165) is 11.4 Å². The number of hydrogen-bond acceptors (Lipinski definition) is 2. The molecule has 1 saturated carbocycles. The molecular formula is C9H16N2. The van der Waals surface area contributed by atoms with Crippen molar-refractivity contribution >= 4 is 5.71 Å². The Bertz CT molecular complexity index is 194. The van der Waals surface area contributed by atoms with E-state index in [1.54, 1.807) is 0 Å². The molecule has 2 heteroatoms. The van der Waals surface area contributed by atoms with Crippen molar-refractivity contribution in [2.45, 2.75) is 26.8 Å². The van der Waals surface area contributed by atoms with Crippen molar-refractivity contribution in [3.05, 3.63) is 12.3 Å². The number of hydrogen-bond donors (Lipinski definition) is 1. The molecule has 2 atom stereocenters. The van der Waals surface area contributed by atoms with Crippen molar-refractivity contribution in [3.8, 4) is 0 Å². The number of nitrogens with zero attached hydrogens (tertiary/aromatic N) is 1. The summed E-state index contributed by atoms with van der Waals surface area (Å²) in [5.41, 5.74) is 7.75. The van der Waals surface area contributed by atoms with Gasteiger partial charge in [0.05, 0.1) is 6.04 Å². The Labute approximate surface area is 68.2 Å². The van der Waals surface area contributed by atoms with Gasteiger partial charge in [0.15, 0.2) is 0 Å². The fraction of sp³-hybridized carbons (Fsp3) is 0.667. The zero-order valence-electron chi connectivity index (χ0n) is 7.46. The maximum absolute atomic E-state index is 5.69. The van der Waals surface area contributed by atoms with Gasteiger partial charge in [-0.05, 0) is 5.92 Å². The maximum Gasteiger partial charge on any atom is 0.0513 e. The highest BCUT2D eigenvalue weighted by Gasteiger charge is 2.38. The van der Waals surface area contributed by atoms with Crippen LogP contribution in [0.3, 0.4) is 0 Å². The zero-order chi connectivity index (χ0) is 8.59. The van der Waals surface area contributed by atoms with Crippen molar-refractivity contribution in [2.24, 2.45) is 22.6 Å². The van der Waals surface area contributed by atoms with Gasteiger partial charge in [0.25, 0.3) is 0 Å². The second-order valence-corrected chi connectivity index (χ2v) is 3.50. The summed E-state index contributed by atoms with van der Waals surface area (Å²) in [5, 5.41) is 0. The number of nitrogens with two attached hydrogens (primary N) is 1. The lowest BCUT2D eigenvalue weighted by Gasteiger charge is -2.00. The van der Waals surface area contributed by atoms with Crippen molar-refractivity contribution < 1.29 is 0 Å². The molecule has 0 heterocycles. The smallest absolute Gasteiger partial charge is 0.0513 e. The number of aliphatic imine (C=N–C) groups is 1. The highest BCUT2D eigenvalue weighted by molar-refractivity contribution is 6.07. The summed E-state index contributed by atoms with van der Waals surface area (Å²) in [5.74, 6) is 0.910. The van der Waals surface area contributed by atoms with Crippen LogP contribution in [0.15, 0.2) is 17.3 Å². The van der Waals surface area contributed by atoms with Crippen molar-refractivity contribution in [2.75, 3.05) is 0 Å². The fourth-order valence-corrected chi connectivity index (χ4v) is 0.874. The largest absolute Gasteiger partial charge is 0.322 e. The lowest BCUT2D eigenvalue weighted by Crippen LogP contribution is -2.02. The normalized spacial score (nSPS) is 33.0. The fourth-order valence-electron chi connectivity index (χ4n) is 0.874. The highest BCUT2D eigenvalue weighted by atomic mass is 14.9. The predicted molar refractivity (Wildman–Crippen MR) is 48.6 cm³/mol. The standard InChI is InChI=1S/C9H16N2/c1-5(2)7(4)11-9-6(3)8(9)10/h5-6,8H,4,10H2,1-3H3/b11-9-. The predicted octanol–water partition coefficient (Wildman–Crippen LogP) is 1.57. The first kappa shape index (κ1) is 8.47. The van der Waals surface area contributed by atoms with Gasteiger partial charge < -0.3 is 5.73 Å². The molecule has 1 aliphatic carbocycles. The molecule has 0 aliphatic heterocycles. The third-order valence-electron chi connectivity index (χ3n) is 2.18. The first-order valence-electron chi connectivity index (χ1n) is 4.07. The van der Waals surface area contributed by atoms with Crippen LogP contribution in [0.5, 0.6) is 0 Å². The van der Waals surface area contributed by atoms with Crippen molar-refractivity contribution in [1.29, 1.82) is 0 Å². The van der Waals surface area contributed by atoms with Crippen LogP contribution in [0.4, 0.5) is 0 Å². The van der Waals surface area contributed by atoms with Gasteiger partial charge in [-0.15, -0.1) is 0 Å². The lowest BCUT2D eigenvalue weighted by atomic mass is 10.2. The van der Waals surface area contributed by atoms with E-state index in [-0.39, 0.29) is 6.04 Å². The molecular weight excluding hydrogens is 136 g/mol. The van der Waals surface area contributed by atoms with E-state index in [1.807, 2.05) is 0 Å². The molecule has 11 heavy (non-hydrogen) atoms. The Balaban J connectivity index is 2.55. The van der Waals surface area contributed by atoms with Crippen LogP contribution in [0, 0.1) is 11.8 Å². The first-order chi connectivity index (χ1) is 5.04. The highest BCUT2D eigenvalue weighted by Crippen LogP contribution is 2.26. The zero-order valence-corrected chi connectivity index (χ0v) is 7.46. The SMILES string of the molecule is C=C(/N=C1/C(C)C1N)C(C)C. The summed E-state index contributed by atoms with van der Waals surface area (Å²) in [7, 11) is 0. The third-order valence-corrected chi connectivity index (χ3v) is 2.18. The second kappa shape index (κ2) is 2.78. The molecule has 1 aliphatic rings. The average molecular weight is 152 g/mol. The van der Waals surface area contributed by atoms with E-state index in [9.17, 15) is 0 Å². The topological polar surface area (TPSA) is 38.4 Å². The van der Waals surface area contributed by atoms with Crippen LogP contribution in [0.25, 0.3) is 0 Å². The molecule has 0 amide bonds. The van der Waals surface area contributed by atoms with E-state index >= 15 is 0 Å². The Hall–Kier alpha value is -0.630. The van der Waals surface area contributed by atoms with Gasteiger partial charge >= 0.3 is 0 Å². The van der Waals surface area contributed by atoms with Gasteiger partial charge in [-0.3, -0.25) is 4.99 Å². The van der Waals surface area contributed by atoms with E-state index in [0.29, 0.717) is 11.8 Å². The molecule has 1 fully saturated rings. The molecule has 0 bridgehead atoms. The van der Waals surface area contributed by atoms with Gasteiger partial charge in [0.1, 0.15) is 0 Å². The quantitative estimate of drug-likeness (QED) is 0.641. The van der Waals surface area contributed by atoms with Crippen molar-refractivity contribution in [3.63, 3.8) is 0 Å². The van der Waals surface area contributed by atoms with Gasteiger partial charge in [0, 0.05) is 17.3 Å². The molecule has 0 aromatic rings. The van der Waals surface area contributed by atoms with Crippen LogP contribution in [0.1, 0.15) is 20.8 Å². The molecule has 0 spiro atoms. The van der Waals surface area contributed by atoms with Crippen molar-refractivity contribution in [1.82, 2.24) is 0 Å². The Morgan fingerprint density at radius 3 is 2.36 bits per heavy atom. The van der Waals surface area contributed by atoms with Gasteiger partial charge in [0.2, 0.25) is 0 Å². The van der Waals surface area contributed by atoms with Crippen LogP contribution >= 0.6 is 0 Å². The Morgan fingerprint density at radius 1 is 1.64 bits per heavy atom. The molecule has 62 valence electrons. The van der Waals surface area contributed by atoms with Crippen LogP contribution in [-0.4, -0.2) is 11.8 Å². The van der Waals surface area contributed by atoms with Crippen LogP contribution in [-0.2, 0) is 0 Å². The minimum Gasteiger partial charge on any atom is -0.322 e. The molecule has 0 aromatic carbocycles. The molecule has 0 saturated heterocycles. The minimum absolute atomic E-state index is 0.200. The molecule has 2 unspecified atom stereocenters. The lowest BCUT2D eigenvalue weighted by molar-refractivity contribution is 0.762. The first-order valence-corrected chi connectivity index (χ1v) is 4.07. The van der Waals surface area contributed by atoms with E-state index in [1.165, 1.54) is 0 Å². The summed E-state index contributed by atoms with van der Waals surface area (Å²) in [6.45, 7) is 10.1. The van der Waals surface area contributed by atoms with Crippen LogP contribution < -0.4 is 5.73 Å². The number of allylic oxidation sites excluding steroid dienone is 1. The van der Waals surface area contributed by atoms with Gasteiger partial charge in [-0.25, -0.2) is 0 Å². The summed E-state index contributed by atoms with van der Waals surface area (Å²) in [4.78, 5) is 4.35. The molecule has 0 aromatic heterocycles. The Kier molecular flexibility index (Phi) is 2.14. The molecule has 0 radical (unpaired) electrons. The summed E-state index contributed by atoms with van der Waals surface area (Å²) in [6.07, 6.45) is 0. The molecule has 1 rings (SSSR count). The summed E-state index contributed by atoms with van der Waals surface area (Å²) < 4.78 is 0. The third kappa shape index (κ3) is 1.69. The summed E-state index contributed by atoms with van der Waals surface area (Å²) in [6, 6.07) is 0.200. The molecule has 2 N–H and O–H groups in total. The molecule has 2 nitrogen and oxygen atoms in total. The second-order valence-electron chi connectivity index (χ2n) is 3.50. The summed E-state index contributed by atoms with van der Waals surface area (Å²) >= 11 is 0.